The molecule has 0 aliphatic rings. The van der Waals surface area contributed by atoms with Gasteiger partial charge in [0.1, 0.15) is 23.2 Å². The van der Waals surface area contributed by atoms with Crippen LogP contribution < -0.4 is 28.3 Å². The lowest BCUT2D eigenvalue weighted by Crippen LogP contribution is -3.00. The van der Waals surface area contributed by atoms with Crippen LogP contribution in [0, 0.1) is 55.4 Å². The Morgan fingerprint density at radius 3 is 0.943 bits per heavy atom. The highest BCUT2D eigenvalue weighted by molar-refractivity contribution is 7.95. The molecule has 0 aliphatic carbocycles. The van der Waals surface area contributed by atoms with E-state index in [1.165, 1.54) is 66.0 Å². The Morgan fingerprint density at radius 1 is 0.400 bits per heavy atom. The Balaban J connectivity index is 0.00000342. The lowest BCUT2D eigenvalue weighted by atomic mass is 9.90. The minimum absolute atomic E-state index is 0. The lowest BCUT2D eigenvalue weighted by molar-refractivity contribution is -0.00000728. The number of benzene rings is 4. The molecule has 0 nitrogen and oxygen atoms in total. The van der Waals surface area contributed by atoms with Gasteiger partial charge >= 0.3 is 0 Å². The molecule has 0 saturated carbocycles. The largest absolute Gasteiger partial charge is 1.00 e. The molecule has 0 heterocycles. The first-order chi connectivity index (χ1) is 16.1. The van der Waals surface area contributed by atoms with Crippen LogP contribution in [0.2, 0.25) is 0 Å². The standard InChI is InChI=1S/C33H38P.ClH/c1-22-9-15-30(16-10-22)34(31-17-11-23(2)12-18-31,32-19-13-24(3)14-20-32)21-33-28(7)26(5)25(4)27(6)29(33)8;/h9-20H,21H2,1-8H3;1H/q+1;/p-1. The van der Waals surface area contributed by atoms with Crippen molar-refractivity contribution in [1.29, 1.82) is 0 Å². The number of hydrogen-bond donors (Lipinski definition) is 0. The van der Waals surface area contributed by atoms with Crippen molar-refractivity contribution < 1.29 is 12.4 Å². The van der Waals surface area contributed by atoms with E-state index in [-0.39, 0.29) is 12.4 Å². The third kappa shape index (κ3) is 4.97. The molecule has 2 heteroatoms. The van der Waals surface area contributed by atoms with E-state index < -0.39 is 7.26 Å². The van der Waals surface area contributed by atoms with Crippen LogP contribution in [0.3, 0.4) is 0 Å². The van der Waals surface area contributed by atoms with Crippen LogP contribution in [-0.4, -0.2) is 0 Å². The fourth-order valence-electron chi connectivity index (χ4n) is 5.17. The van der Waals surface area contributed by atoms with E-state index in [4.69, 9.17) is 0 Å². The van der Waals surface area contributed by atoms with Crippen LogP contribution in [0.5, 0.6) is 0 Å². The smallest absolute Gasteiger partial charge is 0.116 e. The summed E-state index contributed by atoms with van der Waals surface area (Å²) in [6.07, 6.45) is 1.04. The van der Waals surface area contributed by atoms with Crippen LogP contribution in [0.25, 0.3) is 0 Å². The van der Waals surface area contributed by atoms with E-state index in [0.717, 1.165) is 6.16 Å². The number of halogens is 1. The predicted molar refractivity (Wildman–Crippen MR) is 153 cm³/mol. The predicted octanol–water partition coefficient (Wildman–Crippen LogP) is 4.65. The van der Waals surface area contributed by atoms with Gasteiger partial charge in [-0.1, -0.05) is 53.1 Å². The molecular formula is C33H38ClP. The summed E-state index contributed by atoms with van der Waals surface area (Å²) in [6.45, 7) is 18.1. The lowest BCUT2D eigenvalue weighted by Gasteiger charge is -2.30. The number of hydrogen-bond acceptors (Lipinski definition) is 0. The van der Waals surface area contributed by atoms with E-state index in [1.54, 1.807) is 0 Å². The van der Waals surface area contributed by atoms with Gasteiger partial charge in [0.05, 0.1) is 6.16 Å². The van der Waals surface area contributed by atoms with Crippen molar-refractivity contribution in [3.8, 4) is 0 Å². The fraction of sp³-hybridized carbons (Fsp3) is 0.273. The molecule has 182 valence electrons. The first kappa shape index (κ1) is 27.2. The minimum Gasteiger partial charge on any atom is -1.00 e. The summed E-state index contributed by atoms with van der Waals surface area (Å²) < 4.78 is 0. The fourth-order valence-corrected chi connectivity index (χ4v) is 9.54. The van der Waals surface area contributed by atoms with E-state index in [0.29, 0.717) is 0 Å². The topological polar surface area (TPSA) is 0 Å². The molecule has 4 rings (SSSR count). The van der Waals surface area contributed by atoms with Gasteiger partial charge in [0.15, 0.2) is 0 Å². The van der Waals surface area contributed by atoms with Crippen molar-refractivity contribution in [2.75, 3.05) is 0 Å². The number of rotatable bonds is 5. The van der Waals surface area contributed by atoms with Gasteiger partial charge in [-0.3, -0.25) is 0 Å². The van der Waals surface area contributed by atoms with E-state index in [1.807, 2.05) is 0 Å². The molecule has 0 bridgehead atoms. The zero-order valence-electron chi connectivity index (χ0n) is 22.5. The Morgan fingerprint density at radius 2 is 0.657 bits per heavy atom. The van der Waals surface area contributed by atoms with Gasteiger partial charge < -0.3 is 12.4 Å². The van der Waals surface area contributed by atoms with E-state index in [2.05, 4.69) is 128 Å². The van der Waals surface area contributed by atoms with Gasteiger partial charge in [-0.05, 0) is 125 Å². The molecule has 0 N–H and O–H groups in total. The summed E-state index contributed by atoms with van der Waals surface area (Å²) in [5, 5.41) is 4.38. The van der Waals surface area contributed by atoms with Crippen molar-refractivity contribution in [2.24, 2.45) is 0 Å². The first-order valence-electron chi connectivity index (χ1n) is 12.3. The van der Waals surface area contributed by atoms with E-state index in [9.17, 15) is 0 Å². The molecule has 0 amide bonds. The van der Waals surface area contributed by atoms with Crippen LogP contribution in [0.1, 0.15) is 50.1 Å². The average molecular weight is 501 g/mol. The second kappa shape index (κ2) is 10.7. The molecule has 4 aromatic carbocycles. The van der Waals surface area contributed by atoms with Crippen molar-refractivity contribution in [3.63, 3.8) is 0 Å². The van der Waals surface area contributed by atoms with Crippen molar-refractivity contribution in [3.05, 3.63) is 123 Å². The summed E-state index contributed by atoms with van der Waals surface area (Å²) in [6, 6.07) is 28.1. The van der Waals surface area contributed by atoms with Gasteiger partial charge in [0.25, 0.3) is 0 Å². The third-order valence-corrected chi connectivity index (χ3v) is 12.3. The van der Waals surface area contributed by atoms with Gasteiger partial charge in [-0.15, -0.1) is 0 Å². The quantitative estimate of drug-likeness (QED) is 0.350. The first-order valence-corrected chi connectivity index (χ1v) is 14.3. The van der Waals surface area contributed by atoms with Gasteiger partial charge in [-0.2, -0.15) is 0 Å². The summed E-state index contributed by atoms with van der Waals surface area (Å²) in [5.41, 5.74) is 12.7. The maximum absolute atomic E-state index is 2.39. The van der Waals surface area contributed by atoms with E-state index >= 15 is 0 Å². The zero-order valence-corrected chi connectivity index (χ0v) is 24.1. The van der Waals surface area contributed by atoms with Crippen LogP contribution in [0.4, 0.5) is 0 Å². The highest BCUT2D eigenvalue weighted by Crippen LogP contribution is 2.59. The summed E-state index contributed by atoms with van der Waals surface area (Å²) in [7, 11) is -1.94. The molecule has 0 unspecified atom stereocenters. The molecule has 0 aromatic heterocycles. The molecule has 0 radical (unpaired) electrons. The van der Waals surface area contributed by atoms with Gasteiger partial charge in [0.2, 0.25) is 0 Å². The zero-order chi connectivity index (χ0) is 24.6. The van der Waals surface area contributed by atoms with Crippen LogP contribution in [0.15, 0.2) is 72.8 Å². The molecule has 0 fully saturated rings. The highest BCUT2D eigenvalue weighted by atomic mass is 35.5. The Kier molecular flexibility index (Phi) is 8.31. The second-order valence-electron chi connectivity index (χ2n) is 10.1. The van der Waals surface area contributed by atoms with Crippen molar-refractivity contribution >= 4 is 23.2 Å². The average Bonchev–Trinajstić information content (AvgIpc) is 2.84. The van der Waals surface area contributed by atoms with Crippen molar-refractivity contribution in [1.82, 2.24) is 0 Å². The summed E-state index contributed by atoms with van der Waals surface area (Å²) in [4.78, 5) is 0. The number of aryl methyl sites for hydroxylation is 3. The summed E-state index contributed by atoms with van der Waals surface area (Å²) >= 11 is 0. The molecule has 4 aromatic rings. The summed E-state index contributed by atoms with van der Waals surface area (Å²) in [5.74, 6) is 0. The van der Waals surface area contributed by atoms with Gasteiger partial charge in [0, 0.05) is 0 Å². The maximum atomic E-state index is 2.39. The van der Waals surface area contributed by atoms with Crippen LogP contribution >= 0.6 is 7.26 Å². The molecule has 0 aliphatic heterocycles. The molecule has 0 spiro atoms. The Labute approximate surface area is 219 Å². The highest BCUT2D eigenvalue weighted by Gasteiger charge is 2.46. The normalized spacial score (nSPS) is 11.3. The van der Waals surface area contributed by atoms with Crippen LogP contribution in [-0.2, 0) is 6.16 Å². The SMILES string of the molecule is Cc1ccc([P+](Cc2c(C)c(C)c(C)c(C)c2C)(c2ccc(C)cc2)c2ccc(C)cc2)cc1.[Cl-]. The third-order valence-electron chi connectivity index (χ3n) is 7.97. The Hall–Kier alpha value is -2.40. The van der Waals surface area contributed by atoms with Crippen molar-refractivity contribution in [2.45, 2.75) is 61.6 Å². The molecule has 0 saturated heterocycles. The Bertz CT molecular complexity index is 1170. The minimum atomic E-state index is -1.94. The molecule has 0 atom stereocenters. The second-order valence-corrected chi connectivity index (χ2v) is 13.6. The van der Waals surface area contributed by atoms with Gasteiger partial charge in [-0.25, -0.2) is 0 Å². The maximum Gasteiger partial charge on any atom is 0.116 e. The molecule has 35 heavy (non-hydrogen) atoms. The monoisotopic (exact) mass is 500 g/mol. The molecular weight excluding hydrogens is 463 g/mol.